The molecule has 1 aromatic rings. The molecule has 1 aromatic carbocycles. The third-order valence-corrected chi connectivity index (χ3v) is 2.61. The topological polar surface area (TPSA) is 29.5 Å². The van der Waals surface area contributed by atoms with Crippen LogP contribution in [0.1, 0.15) is 51.2 Å². The average molecular weight is 222 g/mol. The molecule has 0 heterocycles. The highest BCUT2D eigenvalue weighted by molar-refractivity contribution is 5.29. The maximum atomic E-state index is 9.43. The van der Waals surface area contributed by atoms with Crippen LogP contribution in [-0.4, -0.2) is 11.7 Å². The van der Waals surface area contributed by atoms with E-state index < -0.39 is 6.10 Å². The SMILES string of the molecule is CCCCCCOc1cccc(C(C)O)c1. The van der Waals surface area contributed by atoms with Crippen molar-refractivity contribution in [3.63, 3.8) is 0 Å². The minimum absolute atomic E-state index is 0.427. The van der Waals surface area contributed by atoms with Crippen molar-refractivity contribution in [3.8, 4) is 5.75 Å². The van der Waals surface area contributed by atoms with Crippen molar-refractivity contribution in [2.75, 3.05) is 6.61 Å². The molecular formula is C14H22O2. The zero-order chi connectivity index (χ0) is 11.8. The van der Waals surface area contributed by atoms with E-state index in [9.17, 15) is 5.11 Å². The predicted molar refractivity (Wildman–Crippen MR) is 66.7 cm³/mol. The number of hydrogen-bond acceptors (Lipinski definition) is 2. The highest BCUT2D eigenvalue weighted by Gasteiger charge is 2.01. The molecule has 0 saturated carbocycles. The molecular weight excluding hydrogens is 200 g/mol. The van der Waals surface area contributed by atoms with Crippen LogP contribution in [0.4, 0.5) is 0 Å². The van der Waals surface area contributed by atoms with Gasteiger partial charge in [0.25, 0.3) is 0 Å². The number of ether oxygens (including phenoxy) is 1. The van der Waals surface area contributed by atoms with Gasteiger partial charge in [0.15, 0.2) is 0 Å². The molecule has 1 rings (SSSR count). The summed E-state index contributed by atoms with van der Waals surface area (Å²) in [5, 5.41) is 9.43. The summed E-state index contributed by atoms with van der Waals surface area (Å²) in [6.45, 7) is 4.73. The van der Waals surface area contributed by atoms with Crippen LogP contribution in [0.25, 0.3) is 0 Å². The number of hydrogen-bond donors (Lipinski definition) is 1. The fourth-order valence-electron chi connectivity index (χ4n) is 1.58. The standard InChI is InChI=1S/C14H22O2/c1-3-4-5-6-10-16-14-9-7-8-13(11-14)12(2)15/h7-9,11-12,15H,3-6,10H2,1-2H3. The second kappa shape index (κ2) is 7.29. The van der Waals surface area contributed by atoms with Gasteiger partial charge < -0.3 is 9.84 Å². The molecule has 0 fully saturated rings. The van der Waals surface area contributed by atoms with E-state index in [0.717, 1.165) is 24.3 Å². The second-order valence-corrected chi connectivity index (χ2v) is 4.16. The molecule has 0 radical (unpaired) electrons. The second-order valence-electron chi connectivity index (χ2n) is 4.16. The first kappa shape index (κ1) is 13.0. The van der Waals surface area contributed by atoms with Gasteiger partial charge in [0.1, 0.15) is 5.75 Å². The van der Waals surface area contributed by atoms with Crippen LogP contribution < -0.4 is 4.74 Å². The number of aliphatic hydroxyl groups is 1. The summed E-state index contributed by atoms with van der Waals surface area (Å²) in [6.07, 6.45) is 4.43. The van der Waals surface area contributed by atoms with Crippen LogP contribution >= 0.6 is 0 Å². The quantitative estimate of drug-likeness (QED) is 0.713. The molecule has 0 saturated heterocycles. The Bertz CT molecular complexity index is 295. The normalized spacial score (nSPS) is 12.4. The third kappa shape index (κ3) is 4.67. The van der Waals surface area contributed by atoms with Crippen molar-refractivity contribution in [2.24, 2.45) is 0 Å². The molecule has 0 spiro atoms. The van der Waals surface area contributed by atoms with E-state index >= 15 is 0 Å². The van der Waals surface area contributed by atoms with Gasteiger partial charge in [-0.2, -0.15) is 0 Å². The Morgan fingerprint density at radius 1 is 1.25 bits per heavy atom. The summed E-state index contributed by atoms with van der Waals surface area (Å²) in [5.41, 5.74) is 0.908. The molecule has 0 amide bonds. The highest BCUT2D eigenvalue weighted by Crippen LogP contribution is 2.19. The molecule has 2 heteroatoms. The highest BCUT2D eigenvalue weighted by atomic mass is 16.5. The molecule has 0 bridgehead atoms. The molecule has 1 N–H and O–H groups in total. The smallest absolute Gasteiger partial charge is 0.119 e. The maximum absolute atomic E-state index is 9.43. The molecule has 16 heavy (non-hydrogen) atoms. The average Bonchev–Trinajstić information content (AvgIpc) is 2.29. The van der Waals surface area contributed by atoms with Crippen molar-refractivity contribution in [3.05, 3.63) is 29.8 Å². The van der Waals surface area contributed by atoms with Gasteiger partial charge in [-0.15, -0.1) is 0 Å². The first-order valence-corrected chi connectivity index (χ1v) is 6.15. The summed E-state index contributed by atoms with van der Waals surface area (Å²) >= 11 is 0. The fourth-order valence-corrected chi connectivity index (χ4v) is 1.58. The molecule has 0 aliphatic rings. The van der Waals surface area contributed by atoms with Crippen LogP contribution in [0.5, 0.6) is 5.75 Å². The van der Waals surface area contributed by atoms with Gasteiger partial charge in [-0.05, 0) is 31.0 Å². The lowest BCUT2D eigenvalue weighted by Crippen LogP contribution is -1.98. The first-order valence-electron chi connectivity index (χ1n) is 6.15. The molecule has 1 atom stereocenters. The van der Waals surface area contributed by atoms with Crippen LogP contribution in [0.2, 0.25) is 0 Å². The van der Waals surface area contributed by atoms with Gasteiger partial charge in [-0.25, -0.2) is 0 Å². The lowest BCUT2D eigenvalue weighted by molar-refractivity contribution is 0.198. The molecule has 2 nitrogen and oxygen atoms in total. The van der Waals surface area contributed by atoms with Gasteiger partial charge in [-0.1, -0.05) is 38.3 Å². The number of unbranched alkanes of at least 4 members (excludes halogenated alkanes) is 3. The van der Waals surface area contributed by atoms with Crippen molar-refractivity contribution < 1.29 is 9.84 Å². The van der Waals surface area contributed by atoms with Crippen LogP contribution in [-0.2, 0) is 0 Å². The zero-order valence-corrected chi connectivity index (χ0v) is 10.3. The van der Waals surface area contributed by atoms with Crippen LogP contribution in [0.3, 0.4) is 0 Å². The minimum atomic E-state index is -0.427. The molecule has 1 unspecified atom stereocenters. The number of aliphatic hydroxyl groups excluding tert-OH is 1. The molecule has 0 aliphatic heterocycles. The lowest BCUT2D eigenvalue weighted by Gasteiger charge is -2.09. The van der Waals surface area contributed by atoms with Gasteiger partial charge in [-0.3, -0.25) is 0 Å². The Kier molecular flexibility index (Phi) is 5.94. The number of benzene rings is 1. The van der Waals surface area contributed by atoms with Gasteiger partial charge in [0.05, 0.1) is 12.7 Å². The van der Waals surface area contributed by atoms with Crippen LogP contribution in [0.15, 0.2) is 24.3 Å². The van der Waals surface area contributed by atoms with E-state index in [0.29, 0.717) is 0 Å². The van der Waals surface area contributed by atoms with E-state index in [1.54, 1.807) is 6.92 Å². The van der Waals surface area contributed by atoms with E-state index in [1.165, 1.54) is 19.3 Å². The van der Waals surface area contributed by atoms with E-state index in [1.807, 2.05) is 24.3 Å². The minimum Gasteiger partial charge on any atom is -0.494 e. The third-order valence-electron chi connectivity index (χ3n) is 2.61. The van der Waals surface area contributed by atoms with Crippen molar-refractivity contribution in [2.45, 2.75) is 45.6 Å². The fraction of sp³-hybridized carbons (Fsp3) is 0.571. The van der Waals surface area contributed by atoms with Crippen LogP contribution in [0, 0.1) is 0 Å². The van der Waals surface area contributed by atoms with Crippen molar-refractivity contribution in [1.29, 1.82) is 0 Å². The lowest BCUT2D eigenvalue weighted by atomic mass is 10.1. The monoisotopic (exact) mass is 222 g/mol. The number of rotatable bonds is 7. The van der Waals surface area contributed by atoms with Gasteiger partial charge in [0, 0.05) is 0 Å². The Labute approximate surface area is 98.3 Å². The predicted octanol–water partition coefficient (Wildman–Crippen LogP) is 3.70. The summed E-state index contributed by atoms with van der Waals surface area (Å²) in [6, 6.07) is 7.67. The maximum Gasteiger partial charge on any atom is 0.119 e. The van der Waals surface area contributed by atoms with E-state index in [-0.39, 0.29) is 0 Å². The Morgan fingerprint density at radius 2 is 2.06 bits per heavy atom. The van der Waals surface area contributed by atoms with E-state index in [4.69, 9.17) is 4.74 Å². The molecule has 90 valence electrons. The Balaban J connectivity index is 2.33. The van der Waals surface area contributed by atoms with Crippen molar-refractivity contribution >= 4 is 0 Å². The summed E-state index contributed by atoms with van der Waals surface area (Å²) in [5.74, 6) is 0.856. The van der Waals surface area contributed by atoms with E-state index in [2.05, 4.69) is 6.92 Å². The summed E-state index contributed by atoms with van der Waals surface area (Å²) in [7, 11) is 0. The van der Waals surface area contributed by atoms with Gasteiger partial charge in [0.2, 0.25) is 0 Å². The summed E-state index contributed by atoms with van der Waals surface area (Å²) in [4.78, 5) is 0. The van der Waals surface area contributed by atoms with Crippen molar-refractivity contribution in [1.82, 2.24) is 0 Å². The Hall–Kier alpha value is -1.02. The zero-order valence-electron chi connectivity index (χ0n) is 10.3. The largest absolute Gasteiger partial charge is 0.494 e. The first-order chi connectivity index (χ1) is 7.74. The Morgan fingerprint density at radius 3 is 2.75 bits per heavy atom. The van der Waals surface area contributed by atoms with Gasteiger partial charge >= 0.3 is 0 Å². The molecule has 0 aromatic heterocycles. The molecule has 0 aliphatic carbocycles. The summed E-state index contributed by atoms with van der Waals surface area (Å²) < 4.78 is 5.63.